The molecule has 0 radical (unpaired) electrons. The van der Waals surface area contributed by atoms with Gasteiger partial charge >= 0.3 is 0 Å². The first-order valence-corrected chi connectivity index (χ1v) is 13.0. The van der Waals surface area contributed by atoms with Crippen LogP contribution in [-0.2, 0) is 16.1 Å². The number of rotatable bonds is 6. The van der Waals surface area contributed by atoms with Crippen molar-refractivity contribution in [3.8, 4) is 11.5 Å². The zero-order chi connectivity index (χ0) is 29.7. The van der Waals surface area contributed by atoms with Crippen molar-refractivity contribution in [3.05, 3.63) is 58.1 Å². The normalized spacial score (nSPS) is 36.9. The molecule has 2 aromatic rings. The van der Waals surface area contributed by atoms with Gasteiger partial charge in [-0.1, -0.05) is 18.2 Å². The summed E-state index contributed by atoms with van der Waals surface area (Å²) in [6, 6.07) is 6.89. The number of ketones is 1. The van der Waals surface area contributed by atoms with E-state index >= 15 is 0 Å². The maximum Gasteiger partial charge on any atom is 0.229 e. The van der Waals surface area contributed by atoms with Crippen LogP contribution in [0.3, 0.4) is 0 Å². The molecule has 2 aromatic carbocycles. The molecule has 2 heterocycles. The number of carbonyl (C=O) groups is 1. The number of hydrogen-bond donors (Lipinski definition) is 10. The Morgan fingerprint density at radius 3 is 2.00 bits per heavy atom. The van der Waals surface area contributed by atoms with Gasteiger partial charge in [-0.15, -0.1) is 0 Å². The summed E-state index contributed by atoms with van der Waals surface area (Å²) in [7, 11) is 0. The molecular formula is C27H32O14. The first kappa shape index (κ1) is 29.8. The van der Waals surface area contributed by atoms with Crippen LogP contribution in [0, 0.1) is 0 Å². The third-order valence-corrected chi connectivity index (χ3v) is 7.92. The van der Waals surface area contributed by atoms with Gasteiger partial charge < -0.3 is 65.3 Å². The van der Waals surface area contributed by atoms with E-state index in [4.69, 9.17) is 14.2 Å². The van der Waals surface area contributed by atoms with Gasteiger partial charge in [-0.3, -0.25) is 4.79 Å². The Morgan fingerprint density at radius 2 is 1.37 bits per heavy atom. The minimum Gasteiger partial charge on any atom is -0.507 e. The van der Waals surface area contributed by atoms with Crippen LogP contribution in [-0.4, -0.2) is 131 Å². The average molecular weight is 581 g/mol. The van der Waals surface area contributed by atoms with Gasteiger partial charge in [0.25, 0.3) is 0 Å². The second-order valence-electron chi connectivity index (χ2n) is 10.4. The van der Waals surface area contributed by atoms with Crippen LogP contribution < -0.4 is 4.74 Å². The SMILES string of the molecule is O=C1c2c(O)cc(CO)cc2[C@@H]([C@@H]2O[C@H](CO)[C@@H](O)[C@H](O)[C@H]2O)c2cccc(O[C@@H]3O[C@H](CO)[C@@H](O)[C@H](O)[C@H]3O)c21. The van der Waals surface area contributed by atoms with Gasteiger partial charge in [0.05, 0.1) is 37.1 Å². The van der Waals surface area contributed by atoms with Crippen LogP contribution in [0.4, 0.5) is 0 Å². The van der Waals surface area contributed by atoms with Gasteiger partial charge in [-0.25, -0.2) is 0 Å². The van der Waals surface area contributed by atoms with Crippen molar-refractivity contribution in [3.63, 3.8) is 0 Å². The van der Waals surface area contributed by atoms with Crippen LogP contribution >= 0.6 is 0 Å². The topological polar surface area (TPSA) is 247 Å². The molecule has 0 unspecified atom stereocenters. The molecule has 0 aromatic heterocycles. The maximum atomic E-state index is 13.9. The van der Waals surface area contributed by atoms with E-state index in [0.717, 1.165) is 0 Å². The molecule has 0 spiro atoms. The summed E-state index contributed by atoms with van der Waals surface area (Å²) in [6.45, 7) is -1.94. The summed E-state index contributed by atoms with van der Waals surface area (Å²) in [5, 5.41) is 103. The fraction of sp³-hybridized carbons (Fsp3) is 0.519. The molecule has 14 heteroatoms. The highest BCUT2D eigenvalue weighted by molar-refractivity contribution is 6.16. The number of phenolic OH excluding ortho intramolecular Hbond substituents is 1. The minimum atomic E-state index is -1.80. The third kappa shape index (κ3) is 4.90. The Kier molecular flexibility index (Phi) is 8.35. The van der Waals surface area contributed by atoms with Crippen LogP contribution in [0.25, 0.3) is 0 Å². The highest BCUT2D eigenvalue weighted by atomic mass is 16.7. The molecule has 3 aliphatic rings. The zero-order valence-electron chi connectivity index (χ0n) is 21.5. The van der Waals surface area contributed by atoms with Crippen molar-refractivity contribution in [1.82, 2.24) is 0 Å². The van der Waals surface area contributed by atoms with E-state index in [1.54, 1.807) is 0 Å². The first-order valence-electron chi connectivity index (χ1n) is 13.0. The van der Waals surface area contributed by atoms with Gasteiger partial charge in [0.1, 0.15) is 60.3 Å². The average Bonchev–Trinajstić information content (AvgIpc) is 2.96. The second-order valence-corrected chi connectivity index (χ2v) is 10.4. The van der Waals surface area contributed by atoms with Gasteiger partial charge in [-0.2, -0.15) is 0 Å². The van der Waals surface area contributed by atoms with Gasteiger partial charge in [0.15, 0.2) is 0 Å². The molecule has 14 nitrogen and oxygen atoms in total. The molecule has 5 rings (SSSR count). The number of aliphatic hydroxyl groups excluding tert-OH is 9. The van der Waals surface area contributed by atoms with E-state index in [2.05, 4.69) is 0 Å². The summed E-state index contributed by atoms with van der Waals surface area (Å²) in [6.07, 6.45) is -16.0. The highest BCUT2D eigenvalue weighted by Gasteiger charge is 2.51. The highest BCUT2D eigenvalue weighted by Crippen LogP contribution is 2.48. The number of benzene rings is 2. The summed E-state index contributed by atoms with van der Waals surface area (Å²) < 4.78 is 17.1. The van der Waals surface area contributed by atoms with Crippen molar-refractivity contribution in [2.75, 3.05) is 13.2 Å². The Morgan fingerprint density at radius 1 is 0.732 bits per heavy atom. The van der Waals surface area contributed by atoms with Crippen molar-refractivity contribution in [2.45, 2.75) is 73.8 Å². The largest absolute Gasteiger partial charge is 0.507 e. The predicted octanol–water partition coefficient (Wildman–Crippen LogP) is -3.42. The predicted molar refractivity (Wildman–Crippen MR) is 134 cm³/mol. The summed E-state index contributed by atoms with van der Waals surface area (Å²) >= 11 is 0. The van der Waals surface area contributed by atoms with E-state index in [9.17, 15) is 55.9 Å². The van der Waals surface area contributed by atoms with Crippen molar-refractivity contribution < 1.29 is 70.1 Å². The van der Waals surface area contributed by atoms with Crippen LogP contribution in [0.1, 0.15) is 38.5 Å². The molecular weight excluding hydrogens is 548 g/mol. The number of fused-ring (bicyclic) bond motifs is 2. The molecule has 41 heavy (non-hydrogen) atoms. The van der Waals surface area contributed by atoms with E-state index < -0.39 is 98.5 Å². The smallest absolute Gasteiger partial charge is 0.229 e. The zero-order valence-corrected chi connectivity index (χ0v) is 21.5. The van der Waals surface area contributed by atoms with Crippen molar-refractivity contribution >= 4 is 5.78 Å². The standard InChI is InChI=1S/C27H32O14/c28-6-9-4-11-16(26-24(37)22(35)19(32)14(7-29)39-26)10-2-1-3-13(18(10)21(34)17(11)12(31)5-9)40-27-25(38)23(36)20(33)15(8-30)41-27/h1-5,14-16,19-20,22-33,35-38H,6-8H2/t14-,15-,16+,19-,20-,22+,23+,24-,25-,26+,27-/m1/s1. The number of aromatic hydroxyl groups is 1. The molecule has 2 fully saturated rings. The van der Waals surface area contributed by atoms with Crippen molar-refractivity contribution in [2.24, 2.45) is 0 Å². The Hall–Kier alpha value is -2.73. The Balaban J connectivity index is 1.65. The molecule has 2 aliphatic heterocycles. The quantitative estimate of drug-likeness (QED) is 0.160. The van der Waals surface area contributed by atoms with E-state index in [1.807, 2.05) is 0 Å². The molecule has 2 saturated heterocycles. The van der Waals surface area contributed by atoms with Crippen LogP contribution in [0.2, 0.25) is 0 Å². The Bertz CT molecular complexity index is 1280. The molecule has 0 bridgehead atoms. The van der Waals surface area contributed by atoms with E-state index in [0.29, 0.717) is 0 Å². The number of hydrogen-bond acceptors (Lipinski definition) is 14. The minimum absolute atomic E-state index is 0.126. The summed E-state index contributed by atoms with van der Waals surface area (Å²) in [5.41, 5.74) is 0.123. The van der Waals surface area contributed by atoms with Crippen molar-refractivity contribution in [1.29, 1.82) is 0 Å². The fourth-order valence-electron chi connectivity index (χ4n) is 5.78. The molecule has 224 valence electrons. The maximum absolute atomic E-state index is 13.9. The molecule has 1 aliphatic carbocycles. The lowest BCUT2D eigenvalue weighted by Crippen LogP contribution is -2.60. The van der Waals surface area contributed by atoms with Crippen LogP contribution in [0.15, 0.2) is 30.3 Å². The Labute approximate surface area is 232 Å². The number of ether oxygens (including phenoxy) is 3. The van der Waals surface area contributed by atoms with Crippen LogP contribution in [0.5, 0.6) is 11.5 Å². The molecule has 0 amide bonds. The van der Waals surface area contributed by atoms with Gasteiger partial charge in [0, 0.05) is 5.92 Å². The van der Waals surface area contributed by atoms with E-state index in [1.165, 1.54) is 30.3 Å². The molecule has 10 N–H and O–H groups in total. The second kappa shape index (κ2) is 11.5. The lowest BCUT2D eigenvalue weighted by molar-refractivity contribution is -0.277. The number of aliphatic hydroxyl groups is 9. The van der Waals surface area contributed by atoms with Gasteiger partial charge in [0.2, 0.25) is 12.1 Å². The van der Waals surface area contributed by atoms with Gasteiger partial charge in [-0.05, 0) is 28.8 Å². The number of carbonyl (C=O) groups excluding carboxylic acids is 1. The monoisotopic (exact) mass is 580 g/mol. The summed E-state index contributed by atoms with van der Waals surface area (Å²) in [4.78, 5) is 13.9. The number of phenols is 1. The fourth-order valence-corrected chi connectivity index (χ4v) is 5.78. The first-order chi connectivity index (χ1) is 19.5. The molecule has 0 saturated carbocycles. The van der Waals surface area contributed by atoms with E-state index in [-0.39, 0.29) is 33.6 Å². The lowest BCUT2D eigenvalue weighted by Gasteiger charge is -2.45. The molecule has 11 atom stereocenters. The third-order valence-electron chi connectivity index (χ3n) is 7.92. The summed E-state index contributed by atoms with van der Waals surface area (Å²) in [5.74, 6) is -2.58. The lowest BCUT2D eigenvalue weighted by atomic mass is 9.71.